The molecule has 2 heteroatoms. The van der Waals surface area contributed by atoms with Crippen molar-refractivity contribution in [1.82, 2.24) is 0 Å². The summed E-state index contributed by atoms with van der Waals surface area (Å²) in [6.45, 7) is 4.89. The highest BCUT2D eigenvalue weighted by molar-refractivity contribution is 5.42. The second-order valence-electron chi connectivity index (χ2n) is 5.64. The second-order valence-corrected chi connectivity index (χ2v) is 5.64. The molecule has 0 radical (unpaired) electrons. The van der Waals surface area contributed by atoms with E-state index in [1.54, 1.807) is 0 Å². The number of hydrogen-bond acceptors (Lipinski definition) is 2. The van der Waals surface area contributed by atoms with Crippen molar-refractivity contribution in [2.75, 3.05) is 6.61 Å². The third kappa shape index (κ3) is 2.56. The normalized spacial score (nSPS) is 18.1. The van der Waals surface area contributed by atoms with Crippen LogP contribution in [0.2, 0.25) is 0 Å². The van der Waals surface area contributed by atoms with Crippen LogP contribution in [-0.2, 0) is 12.8 Å². The SMILES string of the molecule is CCc1ccc(C(O)C2COc3ccccc32)cc1CC. The number of aryl methyl sites for hydroxylation is 2. The fraction of sp³-hybridized carbons (Fsp3) is 0.368. The Kier molecular flexibility index (Phi) is 3.98. The van der Waals surface area contributed by atoms with Gasteiger partial charge in [0.1, 0.15) is 5.75 Å². The van der Waals surface area contributed by atoms with Gasteiger partial charge in [0.25, 0.3) is 0 Å². The van der Waals surface area contributed by atoms with Gasteiger partial charge in [-0.1, -0.05) is 50.2 Å². The Bertz CT molecular complexity index is 633. The average Bonchev–Trinajstić information content (AvgIpc) is 2.97. The summed E-state index contributed by atoms with van der Waals surface area (Å²) in [7, 11) is 0. The molecule has 0 aromatic heterocycles. The molecule has 1 N–H and O–H groups in total. The van der Waals surface area contributed by atoms with Gasteiger partial charge in [0, 0.05) is 5.56 Å². The molecule has 2 atom stereocenters. The monoisotopic (exact) mass is 282 g/mol. The van der Waals surface area contributed by atoms with Crippen LogP contribution in [0.4, 0.5) is 0 Å². The zero-order valence-corrected chi connectivity index (χ0v) is 12.7. The van der Waals surface area contributed by atoms with Crippen LogP contribution in [0.1, 0.15) is 48.1 Å². The maximum Gasteiger partial charge on any atom is 0.123 e. The van der Waals surface area contributed by atoms with E-state index in [9.17, 15) is 5.11 Å². The van der Waals surface area contributed by atoms with Crippen molar-refractivity contribution in [2.45, 2.75) is 38.7 Å². The molecular formula is C19H22O2. The Balaban J connectivity index is 1.91. The molecule has 0 fully saturated rings. The summed E-state index contributed by atoms with van der Waals surface area (Å²) in [4.78, 5) is 0. The average molecular weight is 282 g/mol. The number of aliphatic hydroxyl groups excluding tert-OH is 1. The van der Waals surface area contributed by atoms with Gasteiger partial charge in [0.15, 0.2) is 0 Å². The third-order valence-corrected chi connectivity index (χ3v) is 4.45. The molecule has 2 aromatic carbocycles. The van der Waals surface area contributed by atoms with E-state index in [4.69, 9.17) is 4.74 Å². The maximum atomic E-state index is 10.8. The highest BCUT2D eigenvalue weighted by Crippen LogP contribution is 2.41. The molecule has 0 aliphatic carbocycles. The minimum Gasteiger partial charge on any atom is -0.493 e. The molecule has 1 heterocycles. The molecular weight excluding hydrogens is 260 g/mol. The van der Waals surface area contributed by atoms with Crippen molar-refractivity contribution in [2.24, 2.45) is 0 Å². The molecule has 0 saturated heterocycles. The smallest absolute Gasteiger partial charge is 0.123 e. The van der Waals surface area contributed by atoms with Crippen LogP contribution in [0.15, 0.2) is 42.5 Å². The van der Waals surface area contributed by atoms with E-state index in [1.165, 1.54) is 11.1 Å². The summed E-state index contributed by atoms with van der Waals surface area (Å²) in [5.41, 5.74) is 4.81. The standard InChI is InChI=1S/C19H22O2/c1-3-13-9-10-15(11-14(13)4-2)19(20)17-12-21-18-8-6-5-7-16(17)18/h5-11,17,19-20H,3-4,12H2,1-2H3. The Morgan fingerprint density at radius 1 is 1.10 bits per heavy atom. The van der Waals surface area contributed by atoms with Gasteiger partial charge in [-0.05, 0) is 35.6 Å². The molecule has 3 rings (SSSR count). The van der Waals surface area contributed by atoms with Crippen LogP contribution in [0.25, 0.3) is 0 Å². The summed E-state index contributed by atoms with van der Waals surface area (Å²) >= 11 is 0. The first-order valence-corrected chi connectivity index (χ1v) is 7.76. The minimum atomic E-state index is -0.509. The summed E-state index contributed by atoms with van der Waals surface area (Å²) < 4.78 is 5.70. The van der Waals surface area contributed by atoms with Crippen LogP contribution in [0.5, 0.6) is 5.75 Å². The van der Waals surface area contributed by atoms with Crippen LogP contribution in [0.3, 0.4) is 0 Å². The lowest BCUT2D eigenvalue weighted by atomic mass is 9.88. The van der Waals surface area contributed by atoms with Crippen LogP contribution < -0.4 is 4.74 Å². The Hall–Kier alpha value is -1.80. The van der Waals surface area contributed by atoms with Gasteiger partial charge in [-0.2, -0.15) is 0 Å². The van der Waals surface area contributed by atoms with Gasteiger partial charge in [-0.25, -0.2) is 0 Å². The Morgan fingerprint density at radius 3 is 2.62 bits per heavy atom. The van der Waals surface area contributed by atoms with E-state index < -0.39 is 6.10 Å². The van der Waals surface area contributed by atoms with Crippen molar-refractivity contribution in [3.05, 3.63) is 64.7 Å². The number of rotatable bonds is 4. The zero-order valence-electron chi connectivity index (χ0n) is 12.7. The first-order chi connectivity index (χ1) is 10.2. The fourth-order valence-electron chi connectivity index (χ4n) is 3.19. The van der Waals surface area contributed by atoms with Crippen molar-refractivity contribution in [1.29, 1.82) is 0 Å². The van der Waals surface area contributed by atoms with Gasteiger partial charge < -0.3 is 9.84 Å². The summed E-state index contributed by atoms with van der Waals surface area (Å²) in [6, 6.07) is 14.4. The van der Waals surface area contributed by atoms with E-state index in [1.807, 2.05) is 18.2 Å². The molecule has 0 amide bonds. The third-order valence-electron chi connectivity index (χ3n) is 4.45. The maximum absolute atomic E-state index is 10.8. The van der Waals surface area contributed by atoms with Gasteiger partial charge in [0.05, 0.1) is 18.6 Å². The molecule has 0 spiro atoms. The molecule has 2 nitrogen and oxygen atoms in total. The zero-order chi connectivity index (χ0) is 14.8. The molecule has 2 unspecified atom stereocenters. The highest BCUT2D eigenvalue weighted by atomic mass is 16.5. The number of aliphatic hydroxyl groups is 1. The summed E-state index contributed by atoms with van der Waals surface area (Å²) in [5.74, 6) is 0.931. The Morgan fingerprint density at radius 2 is 1.86 bits per heavy atom. The highest BCUT2D eigenvalue weighted by Gasteiger charge is 2.31. The largest absolute Gasteiger partial charge is 0.493 e. The Labute approximate surface area is 126 Å². The lowest BCUT2D eigenvalue weighted by Crippen LogP contribution is -2.13. The summed E-state index contributed by atoms with van der Waals surface area (Å²) in [6.07, 6.45) is 1.53. The van der Waals surface area contributed by atoms with Gasteiger partial charge in [-0.3, -0.25) is 0 Å². The second kappa shape index (κ2) is 5.90. The molecule has 110 valence electrons. The molecule has 1 aliphatic rings. The molecule has 1 aliphatic heterocycles. The van der Waals surface area contributed by atoms with Gasteiger partial charge >= 0.3 is 0 Å². The van der Waals surface area contributed by atoms with Crippen molar-refractivity contribution in [3.63, 3.8) is 0 Å². The van der Waals surface area contributed by atoms with Crippen molar-refractivity contribution < 1.29 is 9.84 Å². The number of benzene rings is 2. The van der Waals surface area contributed by atoms with E-state index in [0.717, 1.165) is 29.7 Å². The number of fused-ring (bicyclic) bond motifs is 1. The topological polar surface area (TPSA) is 29.5 Å². The predicted octanol–water partition coefficient (Wildman–Crippen LogP) is 4.02. The number of para-hydroxylation sites is 1. The number of ether oxygens (including phenoxy) is 1. The molecule has 21 heavy (non-hydrogen) atoms. The van der Waals surface area contributed by atoms with E-state index >= 15 is 0 Å². The molecule has 0 bridgehead atoms. The van der Waals surface area contributed by atoms with Crippen LogP contribution in [0, 0.1) is 0 Å². The number of hydrogen-bond donors (Lipinski definition) is 1. The first-order valence-electron chi connectivity index (χ1n) is 7.76. The van der Waals surface area contributed by atoms with Crippen molar-refractivity contribution in [3.8, 4) is 5.75 Å². The van der Waals surface area contributed by atoms with Crippen LogP contribution in [-0.4, -0.2) is 11.7 Å². The van der Waals surface area contributed by atoms with Gasteiger partial charge in [0.2, 0.25) is 0 Å². The summed E-state index contributed by atoms with van der Waals surface area (Å²) in [5, 5.41) is 10.8. The van der Waals surface area contributed by atoms with Crippen molar-refractivity contribution >= 4 is 0 Å². The van der Waals surface area contributed by atoms with E-state index in [0.29, 0.717) is 6.61 Å². The fourth-order valence-corrected chi connectivity index (χ4v) is 3.19. The predicted molar refractivity (Wildman–Crippen MR) is 84.8 cm³/mol. The van der Waals surface area contributed by atoms with Crippen LogP contribution >= 0.6 is 0 Å². The lowest BCUT2D eigenvalue weighted by molar-refractivity contribution is 0.130. The van der Waals surface area contributed by atoms with E-state index in [2.05, 4.69) is 38.1 Å². The van der Waals surface area contributed by atoms with Gasteiger partial charge in [-0.15, -0.1) is 0 Å². The van der Waals surface area contributed by atoms with E-state index in [-0.39, 0.29) is 5.92 Å². The first kappa shape index (κ1) is 14.2. The molecule has 0 saturated carbocycles. The quantitative estimate of drug-likeness (QED) is 0.917. The lowest BCUT2D eigenvalue weighted by Gasteiger charge is -2.19. The molecule has 2 aromatic rings. The minimum absolute atomic E-state index is 0.0263.